The first-order valence-electron chi connectivity index (χ1n) is 14.5. The summed E-state index contributed by atoms with van der Waals surface area (Å²) in [5.74, 6) is 0.434. The van der Waals surface area contributed by atoms with Gasteiger partial charge in [-0.05, 0) is 57.5 Å². The van der Waals surface area contributed by atoms with Gasteiger partial charge in [-0.2, -0.15) is 10.4 Å². The summed E-state index contributed by atoms with van der Waals surface area (Å²) in [5, 5.41) is 18.9. The second-order valence-corrected chi connectivity index (χ2v) is 12.3. The van der Waals surface area contributed by atoms with Gasteiger partial charge in [-0.25, -0.2) is 4.98 Å². The van der Waals surface area contributed by atoms with Crippen molar-refractivity contribution in [2.75, 3.05) is 62.7 Å². The molecule has 1 atom stereocenters. The molecule has 2 aromatic heterocycles. The van der Waals surface area contributed by atoms with Gasteiger partial charge < -0.3 is 24.3 Å². The SMILES string of the molecule is C=CC(=O)N1CC2(C1)CN(c1c(C#N)c(OC[C@@H]3CCCN3C)nc3c1CCN(c1c(C)ccc4[nH]ncc14)C3)C2. The molecule has 1 spiro atoms. The van der Waals surface area contributed by atoms with Crippen molar-refractivity contribution < 1.29 is 9.53 Å². The lowest BCUT2D eigenvalue weighted by molar-refractivity contribution is -0.139. The van der Waals surface area contributed by atoms with Crippen LogP contribution in [0.5, 0.6) is 5.88 Å². The second kappa shape index (κ2) is 9.77. The summed E-state index contributed by atoms with van der Waals surface area (Å²) in [7, 11) is 2.13. The van der Waals surface area contributed by atoms with Gasteiger partial charge in [0.15, 0.2) is 0 Å². The first-order chi connectivity index (χ1) is 19.9. The molecule has 212 valence electrons. The van der Waals surface area contributed by atoms with Gasteiger partial charge in [-0.1, -0.05) is 12.6 Å². The number of anilines is 2. The van der Waals surface area contributed by atoms with Crippen LogP contribution < -0.4 is 14.5 Å². The molecule has 4 aliphatic rings. The molecule has 4 aliphatic heterocycles. The van der Waals surface area contributed by atoms with Crippen molar-refractivity contribution in [2.45, 2.75) is 38.8 Å². The van der Waals surface area contributed by atoms with E-state index in [1.807, 2.05) is 11.1 Å². The Kier molecular flexibility index (Phi) is 6.16. The molecule has 3 aromatic rings. The first kappa shape index (κ1) is 25.8. The highest BCUT2D eigenvalue weighted by atomic mass is 16.5. The van der Waals surface area contributed by atoms with E-state index >= 15 is 0 Å². The van der Waals surface area contributed by atoms with E-state index in [1.54, 1.807) is 0 Å². The molecule has 1 N–H and O–H groups in total. The molecule has 7 rings (SSSR count). The number of ether oxygens (including phenoxy) is 1. The Morgan fingerprint density at radius 1 is 1.24 bits per heavy atom. The maximum absolute atomic E-state index is 12.1. The van der Waals surface area contributed by atoms with Crippen LogP contribution in [0.25, 0.3) is 10.9 Å². The maximum Gasteiger partial charge on any atom is 0.245 e. The molecular weight excluding hydrogens is 516 g/mol. The minimum atomic E-state index is -0.0105. The van der Waals surface area contributed by atoms with Gasteiger partial charge in [0.25, 0.3) is 0 Å². The van der Waals surface area contributed by atoms with Gasteiger partial charge in [0.2, 0.25) is 11.8 Å². The molecular formula is C31H36N8O2. The molecule has 1 aromatic carbocycles. The number of hydrogen-bond acceptors (Lipinski definition) is 8. The van der Waals surface area contributed by atoms with E-state index in [2.05, 4.69) is 63.6 Å². The number of H-pyrrole nitrogens is 1. The van der Waals surface area contributed by atoms with Crippen molar-refractivity contribution in [1.82, 2.24) is 25.0 Å². The number of nitriles is 1. The Labute approximate surface area is 240 Å². The zero-order valence-electron chi connectivity index (χ0n) is 23.8. The number of aromatic nitrogens is 3. The number of hydrogen-bond donors (Lipinski definition) is 1. The van der Waals surface area contributed by atoms with Crippen LogP contribution in [-0.4, -0.2) is 89.9 Å². The van der Waals surface area contributed by atoms with E-state index in [0.29, 0.717) is 30.6 Å². The summed E-state index contributed by atoms with van der Waals surface area (Å²) in [5.41, 5.74) is 7.11. The maximum atomic E-state index is 12.1. The van der Waals surface area contributed by atoms with Crippen LogP contribution >= 0.6 is 0 Å². The first-order valence-corrected chi connectivity index (χ1v) is 14.5. The van der Waals surface area contributed by atoms with Crippen molar-refractivity contribution >= 4 is 28.2 Å². The topological polar surface area (TPSA) is 105 Å². The number of aryl methyl sites for hydroxylation is 1. The van der Waals surface area contributed by atoms with E-state index < -0.39 is 0 Å². The van der Waals surface area contributed by atoms with Gasteiger partial charge >= 0.3 is 0 Å². The molecule has 0 aliphatic carbocycles. The number of pyridine rings is 1. The number of rotatable bonds is 6. The summed E-state index contributed by atoms with van der Waals surface area (Å²) in [6.07, 6.45) is 6.32. The van der Waals surface area contributed by atoms with Crippen LogP contribution in [0.4, 0.5) is 11.4 Å². The Morgan fingerprint density at radius 3 is 2.80 bits per heavy atom. The highest BCUT2D eigenvalue weighted by molar-refractivity contribution is 5.93. The van der Waals surface area contributed by atoms with Crippen molar-refractivity contribution in [1.29, 1.82) is 5.26 Å². The minimum absolute atomic E-state index is 0.0105. The molecule has 1 amide bonds. The fraction of sp³-hybridized carbons (Fsp3) is 0.484. The van der Waals surface area contributed by atoms with Gasteiger partial charge in [0.1, 0.15) is 18.2 Å². The quantitative estimate of drug-likeness (QED) is 0.466. The Bertz CT molecular complexity index is 1570. The van der Waals surface area contributed by atoms with Crippen LogP contribution in [0.15, 0.2) is 31.0 Å². The molecule has 0 unspecified atom stereocenters. The predicted molar refractivity (Wildman–Crippen MR) is 157 cm³/mol. The largest absolute Gasteiger partial charge is 0.475 e. The summed E-state index contributed by atoms with van der Waals surface area (Å²) >= 11 is 0. The molecule has 3 saturated heterocycles. The molecule has 41 heavy (non-hydrogen) atoms. The molecule has 10 nitrogen and oxygen atoms in total. The lowest BCUT2D eigenvalue weighted by atomic mass is 9.72. The Hall–Kier alpha value is -4.10. The van der Waals surface area contributed by atoms with Crippen molar-refractivity contribution in [3.8, 4) is 11.9 Å². The lowest BCUT2D eigenvalue weighted by Gasteiger charge is -2.61. The zero-order valence-corrected chi connectivity index (χ0v) is 23.8. The van der Waals surface area contributed by atoms with Crippen LogP contribution in [0.1, 0.15) is 35.2 Å². The summed E-state index contributed by atoms with van der Waals surface area (Å²) < 4.78 is 6.39. The predicted octanol–water partition coefficient (Wildman–Crippen LogP) is 3.01. The monoisotopic (exact) mass is 552 g/mol. The minimum Gasteiger partial charge on any atom is -0.475 e. The third kappa shape index (κ3) is 4.22. The number of amides is 1. The van der Waals surface area contributed by atoms with E-state index in [4.69, 9.17) is 9.72 Å². The second-order valence-electron chi connectivity index (χ2n) is 12.3. The number of benzene rings is 1. The normalized spacial score (nSPS) is 21.4. The van der Waals surface area contributed by atoms with Gasteiger partial charge in [-0.3, -0.25) is 9.89 Å². The summed E-state index contributed by atoms with van der Waals surface area (Å²) in [6, 6.07) is 7.01. The Morgan fingerprint density at radius 2 is 2.07 bits per heavy atom. The number of likely N-dealkylation sites (N-methyl/N-ethyl adjacent to an activating group) is 1. The van der Waals surface area contributed by atoms with Gasteiger partial charge in [0, 0.05) is 55.1 Å². The molecule has 0 bridgehead atoms. The third-order valence-electron chi connectivity index (χ3n) is 9.51. The number of carbonyl (C=O) groups excluding carboxylic acids is 1. The van der Waals surface area contributed by atoms with Crippen molar-refractivity contribution in [3.05, 3.63) is 53.4 Å². The van der Waals surface area contributed by atoms with Crippen LogP contribution in [0.2, 0.25) is 0 Å². The number of carbonyl (C=O) groups is 1. The average Bonchev–Trinajstić information content (AvgIpc) is 3.58. The smallest absolute Gasteiger partial charge is 0.245 e. The average molecular weight is 553 g/mol. The number of nitrogens with zero attached hydrogens (tertiary/aromatic N) is 7. The van der Waals surface area contributed by atoms with Crippen molar-refractivity contribution in [3.63, 3.8) is 0 Å². The van der Waals surface area contributed by atoms with E-state index in [-0.39, 0.29) is 11.3 Å². The lowest BCUT2D eigenvalue weighted by Crippen LogP contribution is -2.73. The molecule has 3 fully saturated rings. The van der Waals surface area contributed by atoms with Crippen molar-refractivity contribution in [2.24, 2.45) is 5.41 Å². The summed E-state index contributed by atoms with van der Waals surface area (Å²) in [6.45, 7) is 11.9. The van der Waals surface area contributed by atoms with Gasteiger partial charge in [0.05, 0.1) is 35.3 Å². The van der Waals surface area contributed by atoms with Gasteiger partial charge in [-0.15, -0.1) is 0 Å². The molecule has 10 heteroatoms. The molecule has 0 radical (unpaired) electrons. The van der Waals surface area contributed by atoms with Crippen LogP contribution in [0, 0.1) is 23.7 Å². The highest BCUT2D eigenvalue weighted by Crippen LogP contribution is 2.47. The number of aromatic amines is 1. The fourth-order valence-electron chi connectivity index (χ4n) is 7.35. The number of fused-ring (bicyclic) bond motifs is 2. The summed E-state index contributed by atoms with van der Waals surface area (Å²) in [4.78, 5) is 26.0. The van der Waals surface area contributed by atoms with E-state index in [1.165, 1.54) is 17.3 Å². The standard InChI is InChI=1S/C31H36N8O2/c1-4-27(40)38-16-31(17-38)18-39(19-31)29-22-9-11-37(28-20(2)7-8-25-24(28)13-33-35-25)14-26(22)34-30(23(29)12-32)41-15-21-6-5-10-36(21)3/h4,7-8,13,21H,1,5-6,9-11,14-19H2,2-3H3,(H,33,35)/t21-/m0/s1. The zero-order chi connectivity index (χ0) is 28.3. The third-order valence-corrected chi connectivity index (χ3v) is 9.51. The number of nitrogens with one attached hydrogen (secondary N) is 1. The van der Waals surface area contributed by atoms with E-state index in [0.717, 1.165) is 86.4 Å². The molecule has 0 saturated carbocycles. The van der Waals surface area contributed by atoms with Crippen LogP contribution in [0.3, 0.4) is 0 Å². The van der Waals surface area contributed by atoms with E-state index in [9.17, 15) is 10.1 Å². The number of likely N-dealkylation sites (tertiary alicyclic amines) is 2. The fourth-order valence-corrected chi connectivity index (χ4v) is 7.35. The highest BCUT2D eigenvalue weighted by Gasteiger charge is 2.54. The Balaban J connectivity index is 1.22. The van der Waals surface area contributed by atoms with Crippen LogP contribution in [-0.2, 0) is 17.8 Å². The molecule has 6 heterocycles.